The molecular weight excluding hydrogens is 1410 g/mol. The van der Waals surface area contributed by atoms with Crippen molar-refractivity contribution < 1.29 is 93.1 Å². The van der Waals surface area contributed by atoms with E-state index in [0.717, 1.165) is 71.3 Å². The van der Waals surface area contributed by atoms with Gasteiger partial charge in [-0.1, -0.05) is 69.4 Å². The van der Waals surface area contributed by atoms with Gasteiger partial charge in [0.25, 0.3) is 17.7 Å². The van der Waals surface area contributed by atoms with Crippen LogP contribution in [0.2, 0.25) is 0 Å². The van der Waals surface area contributed by atoms with Gasteiger partial charge in [0.05, 0.1) is 47.4 Å². The zero-order chi connectivity index (χ0) is 77.3. The normalized spacial score (nSPS) is 25.0. The second kappa shape index (κ2) is 31.9. The van der Waals surface area contributed by atoms with Crippen molar-refractivity contribution in [2.75, 3.05) is 54.9 Å². The molecule has 6 aromatic rings. The Bertz CT molecular complexity index is 4430. The summed E-state index contributed by atoms with van der Waals surface area (Å²) in [6.07, 6.45) is -0.924. The third-order valence-corrected chi connectivity index (χ3v) is 22.8. The molecule has 4 saturated carbocycles. The number of aliphatic hydroxyl groups is 5. The molecule has 576 valence electrons. The number of ether oxygens (including phenoxy) is 3. The fraction of sp³-hybridized carbons (Fsp3) is 0.506. The number of carboxylic acid groups (broad SMARTS) is 2. The highest BCUT2D eigenvalue weighted by atomic mass is 32.1. The maximum Gasteiger partial charge on any atom is 0.410 e. The number of rotatable bonds is 30. The molecule has 3 aromatic carbocycles. The molecule has 4 aliphatic carbocycles. The number of carboxylic acids is 2. The van der Waals surface area contributed by atoms with Gasteiger partial charge < -0.3 is 75.7 Å². The number of aliphatic carboxylic acids is 1. The fourth-order valence-electron chi connectivity index (χ4n) is 17.8. The van der Waals surface area contributed by atoms with E-state index in [9.17, 15) is 78.9 Å². The average molecular weight is 1510 g/mol. The summed E-state index contributed by atoms with van der Waals surface area (Å²) in [4.78, 5) is 132. The molecule has 30 nitrogen and oxygen atoms in total. The van der Waals surface area contributed by atoms with E-state index in [-0.39, 0.29) is 85.5 Å². The van der Waals surface area contributed by atoms with Crippen LogP contribution in [0.1, 0.15) is 141 Å². The standard InChI is InChI=1S/C77H93N11O19S/c1-42(2)61(83-58(91)32-87-59(92)22-23-60(87)93)69(99)79-43(3)67(97)80-48-18-16-47(46(29-48)17-20-55-63(94)64(95)65(96)66(107-55)71(102)103)34-105-73(104)85(25-10-12-49(90)33-89)27-28-106-77-38-74(5)35-75(6,39-77)37-76(36-74,40-77)41-88-44(4)52(30-78-88)50-19-21-57(82-62(50)70(100)101)86-26-24-45-11-9-13-51(53(45)31-86)68(98)84-72-81-54-14-7-8-15-56(54)108-72/h7-9,11,13-16,18-19,21-23,29-30,42-43,49,55,61,63-66,89-90,94-96H,10,12,17,20,24-28,31-41H2,1-6H3,(H,79,99)(H,80,97)(H,83,91)(H,100,101)(H,102,103)(H,81,84,98)/t43-,49-,55-,61-,63-,64+,65-,66-,74?,75?,76?,77?/m0/s1. The zero-order valence-electron chi connectivity index (χ0n) is 61.1. The minimum absolute atomic E-state index is 0.0355. The van der Waals surface area contributed by atoms with Gasteiger partial charge in [-0.25, -0.2) is 24.4 Å². The number of nitrogens with one attached hydrogen (secondary N) is 4. The number of amides is 7. The molecular formula is C77H93N11O19S. The molecule has 6 heterocycles. The molecule has 10 atom stereocenters. The Balaban J connectivity index is 0.718. The molecule has 11 N–H and O–H groups in total. The lowest BCUT2D eigenvalue weighted by Gasteiger charge is -2.69. The van der Waals surface area contributed by atoms with Gasteiger partial charge in [0, 0.05) is 72.9 Å². The molecule has 4 bridgehead atoms. The number of nitrogens with zero attached hydrogens (tertiary/aromatic N) is 7. The van der Waals surface area contributed by atoms with Crippen molar-refractivity contribution in [2.45, 2.75) is 186 Å². The van der Waals surface area contributed by atoms with Gasteiger partial charge in [-0.2, -0.15) is 5.10 Å². The summed E-state index contributed by atoms with van der Waals surface area (Å²) in [6.45, 7) is 11.4. The number of aryl methyl sites for hydroxylation is 1. The van der Waals surface area contributed by atoms with E-state index in [1.165, 1.54) is 29.2 Å². The smallest absolute Gasteiger partial charge is 0.410 e. The van der Waals surface area contributed by atoms with Crippen molar-refractivity contribution in [1.82, 2.24) is 40.2 Å². The van der Waals surface area contributed by atoms with Crippen LogP contribution in [-0.4, -0.2) is 212 Å². The first kappa shape index (κ1) is 78.0. The maximum atomic E-state index is 14.5. The first-order valence-electron chi connectivity index (χ1n) is 36.5. The van der Waals surface area contributed by atoms with E-state index in [1.807, 2.05) is 59.0 Å². The highest BCUT2D eigenvalue weighted by Crippen LogP contribution is 2.72. The summed E-state index contributed by atoms with van der Waals surface area (Å²) in [7, 11) is 0. The van der Waals surface area contributed by atoms with Crippen LogP contribution >= 0.6 is 11.3 Å². The van der Waals surface area contributed by atoms with E-state index in [1.54, 1.807) is 44.3 Å². The first-order valence-corrected chi connectivity index (χ1v) is 37.3. The van der Waals surface area contributed by atoms with Crippen LogP contribution in [0.5, 0.6) is 0 Å². The minimum atomic E-state index is -1.94. The Kier molecular flexibility index (Phi) is 23.1. The van der Waals surface area contributed by atoms with Crippen LogP contribution in [-0.2, 0) is 75.5 Å². The number of carbonyl (C=O) groups excluding carboxylic acids is 7. The summed E-state index contributed by atoms with van der Waals surface area (Å²) in [5.74, 6) is -6.71. The van der Waals surface area contributed by atoms with Crippen molar-refractivity contribution in [3.63, 3.8) is 0 Å². The molecule has 5 fully saturated rings. The van der Waals surface area contributed by atoms with Gasteiger partial charge in [-0.3, -0.25) is 43.7 Å². The number of thiazole rings is 1. The van der Waals surface area contributed by atoms with Crippen LogP contribution in [0.3, 0.4) is 0 Å². The Labute approximate surface area is 626 Å². The predicted octanol–water partition coefficient (Wildman–Crippen LogP) is 5.66. The van der Waals surface area contributed by atoms with Gasteiger partial charge >= 0.3 is 18.0 Å². The van der Waals surface area contributed by atoms with Crippen LogP contribution in [0, 0.1) is 29.1 Å². The van der Waals surface area contributed by atoms with Gasteiger partial charge in [0.1, 0.15) is 49.4 Å². The second-order valence-electron chi connectivity index (χ2n) is 31.0. The van der Waals surface area contributed by atoms with Crippen LogP contribution < -0.4 is 26.2 Å². The second-order valence-corrected chi connectivity index (χ2v) is 32.0. The molecule has 1 saturated heterocycles. The number of hydrogen-bond donors (Lipinski definition) is 11. The van der Waals surface area contributed by atoms with E-state index in [0.29, 0.717) is 76.1 Å². The summed E-state index contributed by atoms with van der Waals surface area (Å²) in [6, 6.07) is 19.2. The lowest BCUT2D eigenvalue weighted by molar-refractivity contribution is -0.248. The molecule has 13 rings (SSSR count). The molecule has 2 unspecified atom stereocenters. The monoisotopic (exact) mass is 1510 g/mol. The topological polar surface area (TPSA) is 424 Å². The third kappa shape index (κ3) is 17.1. The number of fused-ring (bicyclic) bond motifs is 2. The number of aromatic nitrogens is 4. The lowest BCUT2D eigenvalue weighted by atomic mass is 9.39. The van der Waals surface area contributed by atoms with Crippen LogP contribution in [0.25, 0.3) is 21.3 Å². The largest absolute Gasteiger partial charge is 0.479 e. The SMILES string of the molecule is Cc1c(-c2ccc(N3CCc4cccc(C(=O)Nc5nc6ccccc6s5)c4C3)nc2C(=O)O)cnn1CC12CC3(C)CC(C)(C1)CC(OCCN(CCC[C@H](O)CO)C(=O)OCc1ccc(NC(=O)[C@H](C)NC(=O)[C@@H](NC(=O)CN4C(=O)C=CC4=O)C(C)C)cc1CC[C@@H]1O[C@H](C(=O)O)[C@@H](O)[C@H](O)[C@H]1O)(C3)C2. The summed E-state index contributed by atoms with van der Waals surface area (Å²) in [5.41, 5.74) is 4.69. The number of benzene rings is 3. The molecule has 108 heavy (non-hydrogen) atoms. The Morgan fingerprint density at radius 2 is 1.55 bits per heavy atom. The quantitative estimate of drug-likeness (QED) is 0.0242. The Hall–Kier alpha value is -9.60. The van der Waals surface area contributed by atoms with Crippen molar-refractivity contribution in [3.8, 4) is 11.1 Å². The number of anilines is 3. The highest BCUT2D eigenvalue weighted by Gasteiger charge is 2.66. The molecule has 7 aliphatic rings. The summed E-state index contributed by atoms with van der Waals surface area (Å²) in [5, 5.41) is 89.1. The average Bonchev–Trinajstić information content (AvgIpc) is 0.792. The Morgan fingerprint density at radius 1 is 0.806 bits per heavy atom. The highest BCUT2D eigenvalue weighted by molar-refractivity contribution is 7.22. The maximum absolute atomic E-state index is 14.5. The van der Waals surface area contributed by atoms with Gasteiger partial charge in [-0.15, -0.1) is 0 Å². The molecule has 3 aromatic heterocycles. The van der Waals surface area contributed by atoms with Crippen molar-refractivity contribution in [2.24, 2.45) is 22.2 Å². The van der Waals surface area contributed by atoms with Crippen molar-refractivity contribution in [1.29, 1.82) is 0 Å². The number of para-hydroxylation sites is 1. The zero-order valence-corrected chi connectivity index (χ0v) is 61.9. The molecule has 31 heteroatoms. The molecule has 7 amide bonds. The van der Waals surface area contributed by atoms with E-state index in [4.69, 9.17) is 24.3 Å². The van der Waals surface area contributed by atoms with Crippen LogP contribution in [0.15, 0.2) is 91.1 Å². The number of hydrogen-bond acceptors (Lipinski definition) is 22. The minimum Gasteiger partial charge on any atom is -0.479 e. The third-order valence-electron chi connectivity index (χ3n) is 21.9. The summed E-state index contributed by atoms with van der Waals surface area (Å²) >= 11 is 1.39. The number of aromatic carboxylic acids is 1. The molecule has 0 radical (unpaired) electrons. The van der Waals surface area contributed by atoms with E-state index in [2.05, 4.69) is 40.1 Å². The van der Waals surface area contributed by atoms with Crippen LogP contribution in [0.4, 0.5) is 21.4 Å². The molecule has 3 aliphatic heterocycles. The lowest BCUT2D eigenvalue weighted by Crippen LogP contribution is -2.64. The van der Waals surface area contributed by atoms with Crippen molar-refractivity contribution >= 4 is 91.7 Å². The Morgan fingerprint density at radius 3 is 2.25 bits per heavy atom. The predicted molar refractivity (Wildman–Crippen MR) is 393 cm³/mol. The number of pyridine rings is 1. The number of carbonyl (C=O) groups is 9. The first-order chi connectivity index (χ1) is 51.3. The molecule has 0 spiro atoms. The van der Waals surface area contributed by atoms with Gasteiger partial charge in [0.15, 0.2) is 16.9 Å². The fourth-order valence-corrected chi connectivity index (χ4v) is 18.7. The van der Waals surface area contributed by atoms with E-state index < -0.39 is 121 Å². The van der Waals surface area contributed by atoms with Crippen molar-refractivity contribution in [3.05, 3.63) is 130 Å². The summed E-state index contributed by atoms with van der Waals surface area (Å²) < 4.78 is 21.7. The van der Waals surface area contributed by atoms with E-state index >= 15 is 0 Å². The number of aliphatic hydroxyl groups excluding tert-OH is 5. The van der Waals surface area contributed by atoms with Gasteiger partial charge in [-0.05, 0) is 171 Å². The van der Waals surface area contributed by atoms with Gasteiger partial charge in [0.2, 0.25) is 17.7 Å². The number of imide groups is 1.